The highest BCUT2D eigenvalue weighted by molar-refractivity contribution is 7.97. The Bertz CT molecular complexity index is 604. The van der Waals surface area contributed by atoms with Gasteiger partial charge in [0.05, 0.1) is 25.8 Å². The predicted octanol–water partition coefficient (Wildman–Crippen LogP) is 2.20. The standard InChI is InChI=1S/C16H22N2O5S/c1-11(2)23-14-8-6-5-7-12(14)10-18(22-3)15(20)9-13(19)16(21)17-24-4/h5-9,11,19H,10H2,1-4H3,(H,17,21)/b13-9-. The van der Waals surface area contributed by atoms with Gasteiger partial charge in [-0.1, -0.05) is 30.1 Å². The maximum atomic E-state index is 12.2. The van der Waals surface area contributed by atoms with Crippen molar-refractivity contribution in [1.29, 1.82) is 0 Å². The van der Waals surface area contributed by atoms with Gasteiger partial charge in [-0.2, -0.15) is 0 Å². The molecule has 24 heavy (non-hydrogen) atoms. The third-order valence-corrected chi connectivity index (χ3v) is 3.19. The second-order valence-electron chi connectivity index (χ2n) is 5.00. The highest BCUT2D eigenvalue weighted by Crippen LogP contribution is 2.21. The summed E-state index contributed by atoms with van der Waals surface area (Å²) in [6, 6.07) is 7.26. The SMILES string of the molecule is CON(Cc1ccccc1OC(C)C)C(=O)/C=C(\O)C(=O)NSC. The van der Waals surface area contributed by atoms with Crippen LogP contribution in [0.1, 0.15) is 19.4 Å². The molecular weight excluding hydrogens is 332 g/mol. The lowest BCUT2D eigenvalue weighted by molar-refractivity contribution is -0.173. The molecule has 0 saturated carbocycles. The Labute approximate surface area is 145 Å². The number of benzene rings is 1. The molecule has 2 N–H and O–H groups in total. The van der Waals surface area contributed by atoms with E-state index >= 15 is 0 Å². The number of nitrogens with zero attached hydrogens (tertiary/aromatic N) is 1. The second-order valence-corrected chi connectivity index (χ2v) is 5.61. The van der Waals surface area contributed by atoms with Crippen molar-refractivity contribution in [3.05, 3.63) is 41.7 Å². The zero-order valence-corrected chi connectivity index (χ0v) is 14.9. The number of amides is 2. The predicted molar refractivity (Wildman–Crippen MR) is 92.1 cm³/mol. The molecule has 132 valence electrons. The van der Waals surface area contributed by atoms with Crippen LogP contribution in [0.25, 0.3) is 0 Å². The van der Waals surface area contributed by atoms with Crippen LogP contribution in [0, 0.1) is 0 Å². The summed E-state index contributed by atoms with van der Waals surface area (Å²) in [5.74, 6) is -1.47. The summed E-state index contributed by atoms with van der Waals surface area (Å²) in [7, 11) is 1.33. The van der Waals surface area contributed by atoms with Gasteiger partial charge in [0.15, 0.2) is 5.76 Å². The van der Waals surface area contributed by atoms with Crippen LogP contribution >= 0.6 is 11.9 Å². The quantitative estimate of drug-likeness (QED) is 0.322. The highest BCUT2D eigenvalue weighted by Gasteiger charge is 2.17. The van der Waals surface area contributed by atoms with E-state index in [-0.39, 0.29) is 12.6 Å². The normalized spacial score (nSPS) is 11.3. The van der Waals surface area contributed by atoms with E-state index in [1.165, 1.54) is 7.11 Å². The number of aliphatic hydroxyl groups is 1. The number of carbonyl (C=O) groups is 2. The van der Waals surface area contributed by atoms with Gasteiger partial charge < -0.3 is 9.84 Å². The van der Waals surface area contributed by atoms with Crippen molar-refractivity contribution >= 4 is 23.8 Å². The molecule has 0 fully saturated rings. The maximum Gasteiger partial charge on any atom is 0.296 e. The Kier molecular flexibility index (Phi) is 8.14. The van der Waals surface area contributed by atoms with E-state index < -0.39 is 17.6 Å². The molecule has 0 bridgehead atoms. The lowest BCUT2D eigenvalue weighted by Crippen LogP contribution is -2.29. The third-order valence-electron chi connectivity index (χ3n) is 2.80. The fraction of sp³-hybridized carbons (Fsp3) is 0.375. The van der Waals surface area contributed by atoms with Crippen LogP contribution in [0.5, 0.6) is 5.75 Å². The molecule has 8 heteroatoms. The van der Waals surface area contributed by atoms with Crippen LogP contribution in [-0.4, -0.2) is 41.5 Å². The molecule has 1 aromatic carbocycles. The largest absolute Gasteiger partial charge is 0.503 e. The van der Waals surface area contributed by atoms with E-state index in [2.05, 4.69) is 4.72 Å². The number of ether oxygens (including phenoxy) is 1. The molecule has 7 nitrogen and oxygen atoms in total. The number of aliphatic hydroxyl groups excluding tert-OH is 1. The average molecular weight is 354 g/mol. The second kappa shape index (κ2) is 9.84. The van der Waals surface area contributed by atoms with E-state index in [0.717, 1.165) is 28.7 Å². The van der Waals surface area contributed by atoms with Gasteiger partial charge in [-0.3, -0.25) is 19.1 Å². The number of hydrogen-bond acceptors (Lipinski definition) is 6. The zero-order valence-electron chi connectivity index (χ0n) is 14.1. The van der Waals surface area contributed by atoms with E-state index in [9.17, 15) is 14.7 Å². The molecule has 0 radical (unpaired) electrons. The van der Waals surface area contributed by atoms with Crippen molar-refractivity contribution in [3.8, 4) is 5.75 Å². The van der Waals surface area contributed by atoms with Gasteiger partial charge >= 0.3 is 0 Å². The van der Waals surface area contributed by atoms with Crippen LogP contribution in [0.3, 0.4) is 0 Å². The number of hydroxylamine groups is 2. The summed E-state index contributed by atoms with van der Waals surface area (Å²) in [5.41, 5.74) is 0.739. The zero-order chi connectivity index (χ0) is 18.1. The van der Waals surface area contributed by atoms with Gasteiger partial charge in [0.25, 0.3) is 11.8 Å². The average Bonchev–Trinajstić information content (AvgIpc) is 2.53. The van der Waals surface area contributed by atoms with E-state index in [0.29, 0.717) is 5.75 Å². The van der Waals surface area contributed by atoms with Crippen molar-refractivity contribution in [3.63, 3.8) is 0 Å². The summed E-state index contributed by atoms with van der Waals surface area (Å²) in [6.07, 6.45) is 2.41. The number of carbonyl (C=O) groups excluding carboxylic acids is 2. The number of rotatable bonds is 8. The summed E-state index contributed by atoms with van der Waals surface area (Å²) in [4.78, 5) is 28.7. The van der Waals surface area contributed by atoms with Crippen LogP contribution in [-0.2, 0) is 21.0 Å². The van der Waals surface area contributed by atoms with Gasteiger partial charge in [-0.05, 0) is 19.9 Å². The first-order valence-electron chi connectivity index (χ1n) is 7.23. The molecule has 0 atom stereocenters. The lowest BCUT2D eigenvalue weighted by atomic mass is 10.2. The van der Waals surface area contributed by atoms with Crippen LogP contribution in [0.4, 0.5) is 0 Å². The van der Waals surface area contributed by atoms with Crippen LogP contribution < -0.4 is 9.46 Å². The third kappa shape index (κ3) is 6.13. The van der Waals surface area contributed by atoms with Gasteiger partial charge in [0.1, 0.15) is 5.75 Å². The molecule has 2 amide bonds. The topological polar surface area (TPSA) is 88.1 Å². The van der Waals surface area contributed by atoms with Gasteiger partial charge in [0.2, 0.25) is 0 Å². The monoisotopic (exact) mass is 354 g/mol. The molecule has 0 saturated heterocycles. The minimum atomic E-state index is -0.754. The number of para-hydroxylation sites is 1. The summed E-state index contributed by atoms with van der Waals surface area (Å²) >= 11 is 1.02. The molecule has 0 aliphatic carbocycles. The Balaban J connectivity index is 2.90. The number of nitrogens with one attached hydrogen (secondary N) is 1. The molecule has 0 spiro atoms. The van der Waals surface area contributed by atoms with Gasteiger partial charge in [-0.25, -0.2) is 5.06 Å². The van der Waals surface area contributed by atoms with Crippen molar-refractivity contribution in [2.45, 2.75) is 26.5 Å². The van der Waals surface area contributed by atoms with E-state index in [1.807, 2.05) is 26.0 Å². The Hall–Kier alpha value is -2.19. The molecule has 0 unspecified atom stereocenters. The van der Waals surface area contributed by atoms with E-state index in [1.54, 1.807) is 18.4 Å². The fourth-order valence-electron chi connectivity index (χ4n) is 1.79. The smallest absolute Gasteiger partial charge is 0.296 e. The summed E-state index contributed by atoms with van der Waals surface area (Å²) < 4.78 is 8.01. The Morgan fingerprint density at radius 3 is 2.62 bits per heavy atom. The molecule has 0 heterocycles. The number of hydrogen-bond donors (Lipinski definition) is 2. The maximum absolute atomic E-state index is 12.2. The van der Waals surface area contributed by atoms with E-state index in [4.69, 9.17) is 9.57 Å². The Morgan fingerprint density at radius 1 is 1.38 bits per heavy atom. The minimum Gasteiger partial charge on any atom is -0.503 e. The minimum absolute atomic E-state index is 0.0166. The fourth-order valence-corrected chi connectivity index (χ4v) is 2.08. The molecule has 0 aliphatic heterocycles. The van der Waals surface area contributed by atoms with Crippen molar-refractivity contribution in [2.24, 2.45) is 0 Å². The lowest BCUT2D eigenvalue weighted by Gasteiger charge is -2.21. The van der Waals surface area contributed by atoms with Crippen LogP contribution in [0.2, 0.25) is 0 Å². The first-order chi connectivity index (χ1) is 11.4. The van der Waals surface area contributed by atoms with Crippen molar-refractivity contribution < 1.29 is 24.3 Å². The summed E-state index contributed by atoms with van der Waals surface area (Å²) in [5, 5.41) is 10.6. The molecule has 1 rings (SSSR count). The molecule has 0 aliphatic rings. The molecular formula is C16H22N2O5S. The summed E-state index contributed by atoms with van der Waals surface area (Å²) in [6.45, 7) is 3.91. The van der Waals surface area contributed by atoms with Gasteiger partial charge in [-0.15, -0.1) is 0 Å². The van der Waals surface area contributed by atoms with Crippen molar-refractivity contribution in [2.75, 3.05) is 13.4 Å². The Morgan fingerprint density at radius 2 is 2.04 bits per heavy atom. The molecule has 1 aromatic rings. The van der Waals surface area contributed by atoms with Crippen molar-refractivity contribution in [1.82, 2.24) is 9.79 Å². The molecule has 0 aromatic heterocycles. The first kappa shape index (κ1) is 19.9. The highest BCUT2D eigenvalue weighted by atomic mass is 32.2. The van der Waals surface area contributed by atoms with Gasteiger partial charge in [0, 0.05) is 11.8 Å². The first-order valence-corrected chi connectivity index (χ1v) is 8.45. The van der Waals surface area contributed by atoms with Crippen LogP contribution in [0.15, 0.2) is 36.1 Å².